The molecular weight excluding hydrogens is 190 g/mol. The molecule has 0 amide bonds. The highest BCUT2D eigenvalue weighted by Gasteiger charge is 2.16. The highest BCUT2D eigenvalue weighted by atomic mass is 32.2. The van der Waals surface area contributed by atoms with Crippen molar-refractivity contribution in [1.29, 1.82) is 0 Å². The molecule has 1 aromatic rings. The minimum atomic E-state index is 0.737. The van der Waals surface area contributed by atoms with Crippen molar-refractivity contribution in [3.05, 3.63) is 29.3 Å². The van der Waals surface area contributed by atoms with Crippen LogP contribution < -0.4 is 5.32 Å². The zero-order valence-electron chi connectivity index (χ0n) is 8.84. The van der Waals surface area contributed by atoms with Crippen molar-refractivity contribution >= 4 is 11.8 Å². The van der Waals surface area contributed by atoms with E-state index in [0.717, 1.165) is 12.5 Å². The standard InChI is InChI=1S/C12H17NS/c1-9-3-4-10(7-12(9)14-2)11-5-6-13-8-11/h3-4,7,11,13H,5-6,8H2,1-2H3. The third-order valence-corrected chi connectivity index (χ3v) is 3.84. The summed E-state index contributed by atoms with van der Waals surface area (Å²) in [6.07, 6.45) is 3.44. The third kappa shape index (κ3) is 1.96. The summed E-state index contributed by atoms with van der Waals surface area (Å²) >= 11 is 1.85. The molecule has 1 aliphatic rings. The molecule has 1 atom stereocenters. The van der Waals surface area contributed by atoms with Gasteiger partial charge in [0.15, 0.2) is 0 Å². The number of aryl methyl sites for hydroxylation is 1. The van der Waals surface area contributed by atoms with E-state index in [1.807, 2.05) is 11.8 Å². The second kappa shape index (κ2) is 4.37. The predicted molar refractivity (Wildman–Crippen MR) is 63.2 cm³/mol. The summed E-state index contributed by atoms with van der Waals surface area (Å²) in [4.78, 5) is 1.43. The van der Waals surface area contributed by atoms with Gasteiger partial charge in [0, 0.05) is 11.4 Å². The minimum absolute atomic E-state index is 0.737. The van der Waals surface area contributed by atoms with Crippen molar-refractivity contribution in [2.24, 2.45) is 0 Å². The molecule has 0 aliphatic carbocycles. The van der Waals surface area contributed by atoms with Gasteiger partial charge in [0.25, 0.3) is 0 Å². The van der Waals surface area contributed by atoms with E-state index < -0.39 is 0 Å². The molecule has 0 radical (unpaired) electrons. The van der Waals surface area contributed by atoms with Crippen molar-refractivity contribution in [2.45, 2.75) is 24.2 Å². The number of nitrogens with one attached hydrogen (secondary N) is 1. The van der Waals surface area contributed by atoms with Crippen LogP contribution in [0.4, 0.5) is 0 Å². The topological polar surface area (TPSA) is 12.0 Å². The maximum absolute atomic E-state index is 3.42. The normalized spacial score (nSPS) is 21.4. The molecule has 1 heterocycles. The Balaban J connectivity index is 2.25. The van der Waals surface area contributed by atoms with E-state index in [2.05, 4.69) is 36.7 Å². The molecule has 1 saturated heterocycles. The number of hydrogen-bond donors (Lipinski definition) is 1. The van der Waals surface area contributed by atoms with Gasteiger partial charge in [-0.25, -0.2) is 0 Å². The highest BCUT2D eigenvalue weighted by Crippen LogP contribution is 2.28. The number of benzene rings is 1. The second-order valence-corrected chi connectivity index (χ2v) is 4.77. The van der Waals surface area contributed by atoms with Crippen LogP contribution in [0.15, 0.2) is 23.1 Å². The van der Waals surface area contributed by atoms with E-state index in [9.17, 15) is 0 Å². The van der Waals surface area contributed by atoms with Crippen molar-refractivity contribution in [2.75, 3.05) is 19.3 Å². The zero-order chi connectivity index (χ0) is 9.97. The molecule has 1 aromatic carbocycles. The van der Waals surface area contributed by atoms with Gasteiger partial charge in [0.2, 0.25) is 0 Å². The molecule has 1 unspecified atom stereocenters. The third-order valence-electron chi connectivity index (χ3n) is 2.96. The summed E-state index contributed by atoms with van der Waals surface area (Å²) in [6, 6.07) is 6.89. The van der Waals surface area contributed by atoms with Crippen LogP contribution in [-0.4, -0.2) is 19.3 Å². The molecule has 2 heteroatoms. The van der Waals surface area contributed by atoms with Gasteiger partial charge in [-0.3, -0.25) is 0 Å². The lowest BCUT2D eigenvalue weighted by atomic mass is 9.97. The Kier molecular flexibility index (Phi) is 3.14. The molecule has 0 aromatic heterocycles. The molecule has 1 nitrogen and oxygen atoms in total. The molecular formula is C12H17NS. The van der Waals surface area contributed by atoms with Crippen LogP contribution in [0.3, 0.4) is 0 Å². The summed E-state index contributed by atoms with van der Waals surface area (Å²) in [7, 11) is 0. The molecule has 14 heavy (non-hydrogen) atoms. The fourth-order valence-electron chi connectivity index (χ4n) is 2.03. The van der Waals surface area contributed by atoms with E-state index in [1.54, 1.807) is 0 Å². The van der Waals surface area contributed by atoms with Crippen molar-refractivity contribution in [3.63, 3.8) is 0 Å². The molecule has 0 saturated carbocycles. The Labute approximate surface area is 90.3 Å². The first-order valence-electron chi connectivity index (χ1n) is 5.16. The van der Waals surface area contributed by atoms with E-state index in [1.165, 1.54) is 29.0 Å². The van der Waals surface area contributed by atoms with Crippen LogP contribution in [0.5, 0.6) is 0 Å². The number of thioether (sulfide) groups is 1. The van der Waals surface area contributed by atoms with Crippen molar-refractivity contribution < 1.29 is 0 Å². The second-order valence-electron chi connectivity index (χ2n) is 3.92. The SMILES string of the molecule is CSc1cc(C2CCNC2)ccc1C. The molecule has 0 bridgehead atoms. The minimum Gasteiger partial charge on any atom is -0.316 e. The molecule has 2 rings (SSSR count). The van der Waals surface area contributed by atoms with Crippen LogP contribution in [0.1, 0.15) is 23.5 Å². The lowest BCUT2D eigenvalue weighted by Crippen LogP contribution is -2.08. The van der Waals surface area contributed by atoms with Gasteiger partial charge in [-0.2, -0.15) is 0 Å². The van der Waals surface area contributed by atoms with Crippen LogP contribution in [0.2, 0.25) is 0 Å². The fraction of sp³-hybridized carbons (Fsp3) is 0.500. The van der Waals surface area contributed by atoms with Crippen LogP contribution in [0, 0.1) is 6.92 Å². The summed E-state index contributed by atoms with van der Waals surface area (Å²) in [5.74, 6) is 0.737. The van der Waals surface area contributed by atoms with Gasteiger partial charge in [0.1, 0.15) is 0 Å². The van der Waals surface area contributed by atoms with E-state index in [4.69, 9.17) is 0 Å². The van der Waals surface area contributed by atoms with Crippen molar-refractivity contribution in [3.8, 4) is 0 Å². The highest BCUT2D eigenvalue weighted by molar-refractivity contribution is 7.98. The first kappa shape index (κ1) is 10.1. The number of rotatable bonds is 2. The van der Waals surface area contributed by atoms with Crippen molar-refractivity contribution in [1.82, 2.24) is 5.32 Å². The maximum Gasteiger partial charge on any atom is 0.0101 e. The van der Waals surface area contributed by atoms with Gasteiger partial charge >= 0.3 is 0 Å². The number of hydrogen-bond acceptors (Lipinski definition) is 2. The summed E-state index contributed by atoms with van der Waals surface area (Å²) in [6.45, 7) is 4.51. The Morgan fingerprint density at radius 3 is 2.93 bits per heavy atom. The molecule has 1 aliphatic heterocycles. The molecule has 1 fully saturated rings. The fourth-order valence-corrected chi connectivity index (χ4v) is 2.67. The maximum atomic E-state index is 3.42. The zero-order valence-corrected chi connectivity index (χ0v) is 9.66. The van der Waals surface area contributed by atoms with Gasteiger partial charge in [0.05, 0.1) is 0 Å². The summed E-state index contributed by atoms with van der Waals surface area (Å²) < 4.78 is 0. The Morgan fingerprint density at radius 2 is 2.29 bits per heavy atom. The first-order valence-corrected chi connectivity index (χ1v) is 6.39. The van der Waals surface area contributed by atoms with Gasteiger partial charge in [-0.1, -0.05) is 12.1 Å². The Hall–Kier alpha value is -0.470. The Bertz CT molecular complexity index is 316. The van der Waals surface area contributed by atoms with Crippen LogP contribution in [0.25, 0.3) is 0 Å². The van der Waals surface area contributed by atoms with E-state index in [0.29, 0.717) is 0 Å². The average molecular weight is 207 g/mol. The lowest BCUT2D eigenvalue weighted by Gasteiger charge is -2.11. The Morgan fingerprint density at radius 1 is 1.43 bits per heavy atom. The van der Waals surface area contributed by atoms with Gasteiger partial charge in [-0.15, -0.1) is 11.8 Å². The van der Waals surface area contributed by atoms with Gasteiger partial charge in [-0.05, 0) is 49.3 Å². The first-order chi connectivity index (χ1) is 6.81. The van der Waals surface area contributed by atoms with Crippen LogP contribution >= 0.6 is 11.8 Å². The molecule has 76 valence electrons. The monoisotopic (exact) mass is 207 g/mol. The quantitative estimate of drug-likeness (QED) is 0.748. The van der Waals surface area contributed by atoms with E-state index in [-0.39, 0.29) is 0 Å². The average Bonchev–Trinajstić information content (AvgIpc) is 2.71. The molecule has 0 spiro atoms. The van der Waals surface area contributed by atoms with Gasteiger partial charge < -0.3 is 5.32 Å². The summed E-state index contributed by atoms with van der Waals surface area (Å²) in [5, 5.41) is 3.42. The predicted octanol–water partition coefficient (Wildman–Crippen LogP) is 2.79. The molecule has 1 N–H and O–H groups in total. The van der Waals surface area contributed by atoms with E-state index >= 15 is 0 Å². The lowest BCUT2D eigenvalue weighted by molar-refractivity contribution is 0.760. The van der Waals surface area contributed by atoms with Crippen LogP contribution in [-0.2, 0) is 0 Å². The largest absolute Gasteiger partial charge is 0.316 e. The summed E-state index contributed by atoms with van der Waals surface area (Å²) in [5.41, 5.74) is 2.90. The smallest absolute Gasteiger partial charge is 0.0101 e.